The second kappa shape index (κ2) is 6.32. The number of imide groups is 1. The van der Waals surface area contributed by atoms with Crippen LogP contribution >= 0.6 is 11.8 Å². The highest BCUT2D eigenvalue weighted by atomic mass is 32.2. The van der Waals surface area contributed by atoms with Crippen LogP contribution in [0.3, 0.4) is 0 Å². The Morgan fingerprint density at radius 3 is 2.33 bits per heavy atom. The van der Waals surface area contributed by atoms with Gasteiger partial charge in [-0.15, -0.1) is 0 Å². The molecule has 0 saturated carbocycles. The van der Waals surface area contributed by atoms with E-state index < -0.39 is 0 Å². The fourth-order valence-corrected chi connectivity index (χ4v) is 3.51. The third-order valence-corrected chi connectivity index (χ3v) is 5.34. The number of thioether (sulfide) groups is 1. The summed E-state index contributed by atoms with van der Waals surface area (Å²) in [5, 5.41) is -0.211. The monoisotopic (exact) mass is 340 g/mol. The maximum Gasteiger partial charge on any atom is 0.293 e. The molecule has 1 aliphatic rings. The van der Waals surface area contributed by atoms with Gasteiger partial charge in [-0.25, -0.2) is 0 Å². The number of carbonyl (C=O) groups excluding carboxylic acids is 2. The van der Waals surface area contributed by atoms with Gasteiger partial charge in [-0.2, -0.15) is 0 Å². The van der Waals surface area contributed by atoms with E-state index >= 15 is 0 Å². The Bertz CT molecular complexity index is 847. The summed E-state index contributed by atoms with van der Waals surface area (Å²) in [6.07, 6.45) is 1.82. The molecule has 4 nitrogen and oxygen atoms in total. The first kappa shape index (κ1) is 16.6. The molecule has 0 unspecified atom stereocenters. The van der Waals surface area contributed by atoms with E-state index in [-0.39, 0.29) is 11.1 Å². The predicted molar refractivity (Wildman–Crippen MR) is 97.6 cm³/mol. The van der Waals surface area contributed by atoms with E-state index in [1.165, 1.54) is 4.90 Å². The van der Waals surface area contributed by atoms with E-state index in [1.54, 1.807) is 0 Å². The van der Waals surface area contributed by atoms with Crippen LogP contribution in [0, 0.1) is 20.8 Å². The van der Waals surface area contributed by atoms with Crippen LogP contribution in [0.25, 0.3) is 6.08 Å². The quantitative estimate of drug-likeness (QED) is 0.787. The predicted octanol–water partition coefficient (Wildman–Crippen LogP) is 4.19. The Morgan fingerprint density at radius 2 is 1.75 bits per heavy atom. The average Bonchev–Trinajstić information content (AvgIpc) is 2.95. The second-order valence-electron chi connectivity index (χ2n) is 6.14. The molecule has 0 N–H and O–H groups in total. The van der Waals surface area contributed by atoms with Gasteiger partial charge in [0.25, 0.3) is 11.1 Å². The standard InChI is InChI=1S/C19H20N2O2S/c1-12-5-7-15(8-6-12)11-21-18(22)17(24-19(21)23)10-16-9-13(2)20(4)14(16)3/h5-10H,11H2,1-4H3/b17-10-. The van der Waals surface area contributed by atoms with Gasteiger partial charge in [-0.3, -0.25) is 14.5 Å². The second-order valence-corrected chi connectivity index (χ2v) is 7.13. The summed E-state index contributed by atoms with van der Waals surface area (Å²) in [4.78, 5) is 26.6. The van der Waals surface area contributed by atoms with Gasteiger partial charge in [0.1, 0.15) is 0 Å². The maximum absolute atomic E-state index is 12.6. The third-order valence-electron chi connectivity index (χ3n) is 4.44. The van der Waals surface area contributed by atoms with Crippen molar-refractivity contribution in [2.75, 3.05) is 0 Å². The number of amides is 2. The smallest absolute Gasteiger partial charge is 0.293 e. The molecule has 1 saturated heterocycles. The Kier molecular flexibility index (Phi) is 4.37. The lowest BCUT2D eigenvalue weighted by atomic mass is 10.1. The van der Waals surface area contributed by atoms with E-state index in [0.717, 1.165) is 39.8 Å². The van der Waals surface area contributed by atoms with Gasteiger partial charge in [0.05, 0.1) is 11.4 Å². The van der Waals surface area contributed by atoms with Crippen molar-refractivity contribution in [2.45, 2.75) is 27.3 Å². The minimum atomic E-state index is -0.216. The summed E-state index contributed by atoms with van der Waals surface area (Å²) in [6.45, 7) is 6.36. The number of aryl methyl sites for hydroxylation is 2. The summed E-state index contributed by atoms with van der Waals surface area (Å²) in [5.41, 5.74) is 5.30. The molecule has 2 heterocycles. The lowest BCUT2D eigenvalue weighted by Crippen LogP contribution is -2.27. The molecule has 124 valence electrons. The van der Waals surface area contributed by atoms with Crippen LogP contribution < -0.4 is 0 Å². The molecule has 0 atom stereocenters. The van der Waals surface area contributed by atoms with Crippen molar-refractivity contribution < 1.29 is 9.59 Å². The zero-order chi connectivity index (χ0) is 17.4. The molecule has 0 spiro atoms. The van der Waals surface area contributed by atoms with Gasteiger partial charge in [-0.1, -0.05) is 29.8 Å². The molecule has 1 fully saturated rings. The van der Waals surface area contributed by atoms with Gasteiger partial charge in [0, 0.05) is 18.4 Å². The molecular weight excluding hydrogens is 320 g/mol. The SMILES string of the molecule is Cc1ccc(CN2C(=O)S/C(=C\c3cc(C)n(C)c3C)C2=O)cc1. The van der Waals surface area contributed by atoms with Crippen molar-refractivity contribution in [2.24, 2.45) is 7.05 Å². The number of hydrogen-bond donors (Lipinski definition) is 0. The highest BCUT2D eigenvalue weighted by Crippen LogP contribution is 2.34. The molecule has 1 aromatic carbocycles. The summed E-state index contributed by atoms with van der Waals surface area (Å²) in [7, 11) is 1.99. The molecule has 0 bridgehead atoms. The first-order chi connectivity index (χ1) is 11.4. The molecule has 2 aromatic rings. The van der Waals surface area contributed by atoms with Crippen LogP contribution in [-0.4, -0.2) is 20.6 Å². The lowest BCUT2D eigenvalue weighted by Gasteiger charge is -2.12. The number of carbonyl (C=O) groups is 2. The molecule has 24 heavy (non-hydrogen) atoms. The van der Waals surface area contributed by atoms with Gasteiger partial charge in [0.15, 0.2) is 0 Å². The van der Waals surface area contributed by atoms with Crippen LogP contribution in [0.15, 0.2) is 35.2 Å². The molecule has 2 amide bonds. The lowest BCUT2D eigenvalue weighted by molar-refractivity contribution is -0.123. The Labute approximate surface area is 146 Å². The van der Waals surface area contributed by atoms with E-state index in [9.17, 15) is 9.59 Å². The molecule has 1 aromatic heterocycles. The van der Waals surface area contributed by atoms with Crippen LogP contribution in [0.5, 0.6) is 0 Å². The minimum absolute atomic E-state index is 0.211. The zero-order valence-corrected chi connectivity index (χ0v) is 15.1. The van der Waals surface area contributed by atoms with Gasteiger partial charge < -0.3 is 4.57 Å². The Hall–Kier alpha value is -2.27. The van der Waals surface area contributed by atoms with E-state index in [2.05, 4.69) is 4.57 Å². The summed E-state index contributed by atoms with van der Waals surface area (Å²) >= 11 is 1.01. The average molecular weight is 340 g/mol. The summed E-state index contributed by atoms with van der Waals surface area (Å²) in [6, 6.07) is 9.91. The van der Waals surface area contributed by atoms with E-state index in [1.807, 2.05) is 64.2 Å². The number of rotatable bonds is 3. The molecule has 3 rings (SSSR count). The highest BCUT2D eigenvalue weighted by molar-refractivity contribution is 8.18. The minimum Gasteiger partial charge on any atom is -0.352 e. The summed E-state index contributed by atoms with van der Waals surface area (Å²) < 4.78 is 2.07. The fraction of sp³-hybridized carbons (Fsp3) is 0.263. The molecular formula is C19H20N2O2S. The van der Waals surface area contributed by atoms with Crippen LogP contribution in [0.4, 0.5) is 4.79 Å². The number of hydrogen-bond acceptors (Lipinski definition) is 3. The number of nitrogens with zero attached hydrogens (tertiary/aromatic N) is 2. The van der Waals surface area contributed by atoms with Crippen molar-refractivity contribution in [1.82, 2.24) is 9.47 Å². The topological polar surface area (TPSA) is 42.3 Å². The van der Waals surface area contributed by atoms with Crippen LogP contribution in [0.2, 0.25) is 0 Å². The van der Waals surface area contributed by atoms with Gasteiger partial charge >= 0.3 is 0 Å². The van der Waals surface area contributed by atoms with Crippen molar-refractivity contribution in [3.05, 3.63) is 63.3 Å². The van der Waals surface area contributed by atoms with Gasteiger partial charge in [0.2, 0.25) is 0 Å². The van der Waals surface area contributed by atoms with Crippen molar-refractivity contribution in [3.63, 3.8) is 0 Å². The first-order valence-electron chi connectivity index (χ1n) is 7.80. The molecule has 0 radical (unpaired) electrons. The van der Waals surface area contributed by atoms with Crippen molar-refractivity contribution >= 4 is 29.0 Å². The zero-order valence-electron chi connectivity index (χ0n) is 14.3. The van der Waals surface area contributed by atoms with Crippen molar-refractivity contribution in [3.8, 4) is 0 Å². The van der Waals surface area contributed by atoms with Crippen molar-refractivity contribution in [1.29, 1.82) is 0 Å². The first-order valence-corrected chi connectivity index (χ1v) is 8.62. The Morgan fingerprint density at radius 1 is 1.08 bits per heavy atom. The fourth-order valence-electron chi connectivity index (χ4n) is 2.68. The highest BCUT2D eigenvalue weighted by Gasteiger charge is 2.35. The number of aromatic nitrogens is 1. The third kappa shape index (κ3) is 3.04. The van der Waals surface area contributed by atoms with Gasteiger partial charge in [-0.05, 0) is 55.8 Å². The molecule has 1 aliphatic heterocycles. The molecule has 0 aliphatic carbocycles. The largest absolute Gasteiger partial charge is 0.352 e. The van der Waals surface area contributed by atoms with Crippen LogP contribution in [0.1, 0.15) is 28.1 Å². The normalized spacial score (nSPS) is 16.5. The summed E-state index contributed by atoms with van der Waals surface area (Å²) in [5.74, 6) is -0.216. The van der Waals surface area contributed by atoms with E-state index in [0.29, 0.717) is 11.4 Å². The Balaban J connectivity index is 1.84. The molecule has 5 heteroatoms. The van der Waals surface area contributed by atoms with E-state index in [4.69, 9.17) is 0 Å². The van der Waals surface area contributed by atoms with Crippen LogP contribution in [-0.2, 0) is 18.4 Å². The maximum atomic E-state index is 12.6. The number of benzene rings is 1.